The van der Waals surface area contributed by atoms with Gasteiger partial charge in [0.05, 0.1) is 32.0 Å². The van der Waals surface area contributed by atoms with Crippen LogP contribution >= 0.6 is 16.1 Å². The van der Waals surface area contributed by atoms with Gasteiger partial charge in [-0.05, 0) is 39.3 Å². The normalized spacial score (nSPS) is 15.2. The van der Waals surface area contributed by atoms with E-state index in [4.69, 9.17) is 23.5 Å². The van der Waals surface area contributed by atoms with Crippen molar-refractivity contribution in [3.05, 3.63) is 23.3 Å². The van der Waals surface area contributed by atoms with Gasteiger partial charge in [0.1, 0.15) is 11.5 Å². The summed E-state index contributed by atoms with van der Waals surface area (Å²) in [5, 5.41) is 0. The standard InChI is InChI=1S/C18H30O8P2/c1-7-13(4)26-28(20,21)12-14-10-17(23-6)15(11-16(14)22-5)18(27-19,24-8-2)25-9-3/h10-11,13H,7-9,12H2,1-6H3,(H,20,21). The van der Waals surface area contributed by atoms with Gasteiger partial charge in [0, 0.05) is 18.8 Å². The quantitative estimate of drug-likeness (QED) is 0.351. The summed E-state index contributed by atoms with van der Waals surface area (Å²) in [6.07, 6.45) is -0.00824. The molecule has 0 aliphatic carbocycles. The van der Waals surface area contributed by atoms with Crippen molar-refractivity contribution in [1.82, 2.24) is 0 Å². The Hall–Kier alpha value is -1.01. The van der Waals surface area contributed by atoms with E-state index in [2.05, 4.69) is 0 Å². The number of ether oxygens (including phenoxy) is 4. The van der Waals surface area contributed by atoms with Crippen molar-refractivity contribution in [3.8, 4) is 11.5 Å². The molecule has 2 unspecified atom stereocenters. The Morgan fingerprint density at radius 3 is 2.11 bits per heavy atom. The van der Waals surface area contributed by atoms with Crippen LogP contribution in [0.15, 0.2) is 12.1 Å². The van der Waals surface area contributed by atoms with Gasteiger partial charge in [-0.2, -0.15) is 0 Å². The lowest BCUT2D eigenvalue weighted by Crippen LogP contribution is -2.28. The maximum absolute atomic E-state index is 12.5. The molecule has 8 nitrogen and oxygen atoms in total. The third-order valence-corrected chi connectivity index (χ3v) is 6.20. The highest BCUT2D eigenvalue weighted by Gasteiger charge is 2.40. The van der Waals surface area contributed by atoms with Crippen LogP contribution in [0.2, 0.25) is 0 Å². The third-order valence-electron chi connectivity index (χ3n) is 4.03. The summed E-state index contributed by atoms with van der Waals surface area (Å²) in [6.45, 7) is 7.60. The lowest BCUT2D eigenvalue weighted by Gasteiger charge is -2.29. The zero-order valence-corrected chi connectivity index (χ0v) is 19.0. The molecule has 0 bridgehead atoms. The summed E-state index contributed by atoms with van der Waals surface area (Å²) in [5.74, 6) is 0.606. The molecule has 28 heavy (non-hydrogen) atoms. The maximum atomic E-state index is 12.5. The van der Waals surface area contributed by atoms with Gasteiger partial charge < -0.3 is 28.4 Å². The van der Waals surface area contributed by atoms with E-state index >= 15 is 0 Å². The molecule has 0 radical (unpaired) electrons. The molecule has 2 atom stereocenters. The van der Waals surface area contributed by atoms with Gasteiger partial charge >= 0.3 is 7.60 Å². The van der Waals surface area contributed by atoms with Gasteiger partial charge in [-0.25, -0.2) is 0 Å². The molecule has 0 amide bonds. The first kappa shape index (κ1) is 25.0. The van der Waals surface area contributed by atoms with Gasteiger partial charge in [-0.3, -0.25) is 9.13 Å². The molecule has 0 saturated heterocycles. The molecular weight excluding hydrogens is 406 g/mol. The van der Waals surface area contributed by atoms with E-state index in [-0.39, 0.29) is 25.5 Å². The Balaban J connectivity index is 3.46. The Morgan fingerprint density at radius 2 is 1.68 bits per heavy atom. The van der Waals surface area contributed by atoms with Crippen LogP contribution < -0.4 is 9.47 Å². The zero-order chi connectivity index (χ0) is 21.4. The topological polar surface area (TPSA) is 101 Å². The minimum atomic E-state index is -3.91. The Labute approximate surface area is 168 Å². The van der Waals surface area contributed by atoms with Gasteiger partial charge in [-0.1, -0.05) is 6.92 Å². The van der Waals surface area contributed by atoms with Crippen LogP contribution in [0.5, 0.6) is 11.5 Å². The molecule has 0 heterocycles. The first-order chi connectivity index (χ1) is 13.2. The van der Waals surface area contributed by atoms with Gasteiger partial charge in [0.2, 0.25) is 8.46 Å². The molecule has 0 fully saturated rings. The summed E-state index contributed by atoms with van der Waals surface area (Å²) in [7, 11) is -1.45. The number of hydrogen-bond donors (Lipinski definition) is 1. The average molecular weight is 436 g/mol. The molecule has 0 spiro atoms. The maximum Gasteiger partial charge on any atom is 0.332 e. The lowest BCUT2D eigenvalue weighted by molar-refractivity contribution is -0.177. The van der Waals surface area contributed by atoms with E-state index in [1.54, 1.807) is 32.9 Å². The predicted molar refractivity (Wildman–Crippen MR) is 106 cm³/mol. The second-order valence-electron chi connectivity index (χ2n) is 6.02. The summed E-state index contributed by atoms with van der Waals surface area (Å²) < 4.78 is 51.9. The molecule has 1 aromatic rings. The lowest BCUT2D eigenvalue weighted by atomic mass is 10.1. The van der Waals surface area contributed by atoms with E-state index in [9.17, 15) is 14.0 Å². The SMILES string of the molecule is CCOC(OCC)(P=O)c1cc(OC)c(CP(=O)(O)OC(C)CC)cc1OC. The van der Waals surface area contributed by atoms with Crippen LogP contribution in [-0.4, -0.2) is 38.4 Å². The molecule has 10 heteroatoms. The van der Waals surface area contributed by atoms with Crippen LogP contribution in [0, 0.1) is 0 Å². The second kappa shape index (κ2) is 11.2. The Morgan fingerprint density at radius 1 is 1.11 bits per heavy atom. The third kappa shape index (κ3) is 6.24. The van der Waals surface area contributed by atoms with Crippen LogP contribution in [0.4, 0.5) is 0 Å². The van der Waals surface area contributed by atoms with E-state index < -0.39 is 21.6 Å². The van der Waals surface area contributed by atoms with Crippen molar-refractivity contribution in [1.29, 1.82) is 0 Å². The van der Waals surface area contributed by atoms with E-state index in [0.717, 1.165) is 0 Å². The molecule has 0 aromatic heterocycles. The highest BCUT2D eigenvalue weighted by Crippen LogP contribution is 2.51. The van der Waals surface area contributed by atoms with Gasteiger partial charge in [0.15, 0.2) is 0 Å². The largest absolute Gasteiger partial charge is 0.496 e. The first-order valence-electron chi connectivity index (χ1n) is 9.10. The predicted octanol–water partition coefficient (Wildman–Crippen LogP) is 4.68. The first-order valence-corrected chi connectivity index (χ1v) is 11.7. The fraction of sp³-hybridized carbons (Fsp3) is 0.667. The van der Waals surface area contributed by atoms with Crippen molar-refractivity contribution >= 4 is 16.1 Å². The second-order valence-corrected chi connectivity index (χ2v) is 8.60. The van der Waals surface area contributed by atoms with Gasteiger partial charge in [-0.15, -0.1) is 0 Å². The highest BCUT2D eigenvalue weighted by molar-refractivity contribution is 7.52. The highest BCUT2D eigenvalue weighted by atomic mass is 31.2. The van der Waals surface area contributed by atoms with Gasteiger partial charge in [0.25, 0.3) is 5.53 Å². The molecule has 1 rings (SSSR count). The summed E-state index contributed by atoms with van der Waals surface area (Å²) >= 11 is 0. The molecule has 160 valence electrons. The average Bonchev–Trinajstić information content (AvgIpc) is 2.66. The smallest absolute Gasteiger partial charge is 0.332 e. The van der Waals surface area contributed by atoms with E-state index in [1.165, 1.54) is 14.2 Å². The van der Waals surface area contributed by atoms with E-state index in [1.807, 2.05) is 6.92 Å². The van der Waals surface area contributed by atoms with Crippen LogP contribution in [0.3, 0.4) is 0 Å². The summed E-state index contributed by atoms with van der Waals surface area (Å²) in [6, 6.07) is 3.10. The number of benzene rings is 1. The number of hydrogen-bond acceptors (Lipinski definition) is 7. The number of methoxy groups -OCH3 is 2. The Kier molecular flexibility index (Phi) is 10.1. The van der Waals surface area contributed by atoms with Crippen molar-refractivity contribution < 1.29 is 37.5 Å². The zero-order valence-electron chi connectivity index (χ0n) is 17.3. The monoisotopic (exact) mass is 436 g/mol. The summed E-state index contributed by atoms with van der Waals surface area (Å²) in [4.78, 5) is 10.2. The van der Waals surface area contributed by atoms with Crippen molar-refractivity contribution in [3.63, 3.8) is 0 Å². The van der Waals surface area contributed by atoms with E-state index in [0.29, 0.717) is 29.0 Å². The van der Waals surface area contributed by atoms with Crippen molar-refractivity contribution in [2.75, 3.05) is 27.4 Å². The molecule has 1 aromatic carbocycles. The molecule has 0 saturated carbocycles. The van der Waals surface area contributed by atoms with Crippen molar-refractivity contribution in [2.45, 2.75) is 51.9 Å². The minimum absolute atomic E-state index is 0.247. The molecule has 0 aliphatic rings. The van der Waals surface area contributed by atoms with Crippen LogP contribution in [-0.2, 0) is 34.8 Å². The Bertz CT molecular complexity index is 688. The van der Waals surface area contributed by atoms with Crippen LogP contribution in [0.1, 0.15) is 45.2 Å². The molecular formula is C18H30O8P2. The fourth-order valence-electron chi connectivity index (χ4n) is 2.63. The molecule has 0 aliphatic heterocycles. The molecule has 1 N–H and O–H groups in total. The van der Waals surface area contributed by atoms with Crippen molar-refractivity contribution in [2.24, 2.45) is 0 Å². The number of rotatable bonds is 13. The minimum Gasteiger partial charge on any atom is -0.496 e. The summed E-state index contributed by atoms with van der Waals surface area (Å²) in [5.41, 5.74) is -0.801. The fourth-order valence-corrected chi connectivity index (χ4v) is 4.73. The van der Waals surface area contributed by atoms with Crippen LogP contribution in [0.25, 0.3) is 0 Å².